The molecule has 2 heterocycles. The molecule has 168 valence electrons. The number of alkyl halides is 1. The number of carbonyl (C=O) groups is 2. The number of ether oxygens (including phenoxy) is 3. The van der Waals surface area contributed by atoms with Crippen LogP contribution in [0.25, 0.3) is 0 Å². The summed E-state index contributed by atoms with van der Waals surface area (Å²) in [6.07, 6.45) is 0.316. The molecule has 1 aliphatic carbocycles. The predicted octanol–water partition coefficient (Wildman–Crippen LogP) is 3.75. The zero-order valence-corrected chi connectivity index (χ0v) is 18.3. The summed E-state index contributed by atoms with van der Waals surface area (Å²) in [5.41, 5.74) is 1.18. The van der Waals surface area contributed by atoms with E-state index in [1.54, 1.807) is 12.0 Å². The van der Waals surface area contributed by atoms with E-state index in [1.807, 2.05) is 38.1 Å². The monoisotopic (exact) mass is 431 g/mol. The summed E-state index contributed by atoms with van der Waals surface area (Å²) in [5.74, 6) is -0.106. The average molecular weight is 432 g/mol. The van der Waals surface area contributed by atoms with Gasteiger partial charge in [-0.05, 0) is 57.2 Å². The number of methoxy groups -OCH3 is 1. The van der Waals surface area contributed by atoms with E-state index in [9.17, 15) is 14.0 Å². The number of halogens is 1. The molecule has 1 aromatic carbocycles. The number of carbonyl (C=O) groups excluding carboxylic acids is 2. The van der Waals surface area contributed by atoms with Gasteiger partial charge in [0.1, 0.15) is 18.0 Å². The molecule has 7 heteroatoms. The Balaban J connectivity index is 1.65. The molecule has 1 amide bonds. The predicted molar refractivity (Wildman–Crippen MR) is 112 cm³/mol. The summed E-state index contributed by atoms with van der Waals surface area (Å²) in [6.45, 7) is 4.89. The van der Waals surface area contributed by atoms with Crippen molar-refractivity contribution in [2.24, 2.45) is 5.92 Å². The third-order valence-corrected chi connectivity index (χ3v) is 6.31. The Morgan fingerprint density at radius 3 is 2.61 bits per heavy atom. The SMILES string of the molecule is COc1ccc(C2C3=C(OC4CCC(F)CC4C3=O)C(=O)N2CCCOC(C)C)cc1. The van der Waals surface area contributed by atoms with E-state index in [1.165, 1.54) is 0 Å². The number of fused-ring (bicyclic) bond motifs is 1. The van der Waals surface area contributed by atoms with Gasteiger partial charge >= 0.3 is 0 Å². The van der Waals surface area contributed by atoms with Crippen LogP contribution in [0.2, 0.25) is 0 Å². The summed E-state index contributed by atoms with van der Waals surface area (Å²) in [4.78, 5) is 28.5. The fourth-order valence-corrected chi connectivity index (χ4v) is 4.78. The first-order chi connectivity index (χ1) is 14.9. The van der Waals surface area contributed by atoms with Crippen LogP contribution in [0.5, 0.6) is 5.75 Å². The van der Waals surface area contributed by atoms with E-state index in [0.717, 1.165) is 5.56 Å². The molecule has 0 bridgehead atoms. The number of amides is 1. The zero-order valence-electron chi connectivity index (χ0n) is 18.3. The molecule has 0 N–H and O–H groups in total. The molecule has 0 aromatic heterocycles. The molecule has 4 rings (SSSR count). The van der Waals surface area contributed by atoms with Crippen LogP contribution < -0.4 is 4.74 Å². The van der Waals surface area contributed by atoms with E-state index in [-0.39, 0.29) is 30.0 Å². The van der Waals surface area contributed by atoms with E-state index in [0.29, 0.717) is 43.7 Å². The molecule has 0 radical (unpaired) electrons. The summed E-state index contributed by atoms with van der Waals surface area (Å²) < 4.78 is 31.0. The lowest BCUT2D eigenvalue weighted by molar-refractivity contribution is -0.136. The molecular weight excluding hydrogens is 401 g/mol. The number of hydrogen-bond donors (Lipinski definition) is 0. The molecule has 1 aromatic rings. The van der Waals surface area contributed by atoms with Crippen molar-refractivity contribution < 1.29 is 28.2 Å². The second-order valence-electron chi connectivity index (χ2n) is 8.73. The van der Waals surface area contributed by atoms with Crippen LogP contribution in [0, 0.1) is 5.92 Å². The van der Waals surface area contributed by atoms with E-state index in [4.69, 9.17) is 14.2 Å². The van der Waals surface area contributed by atoms with Crippen molar-refractivity contribution in [1.29, 1.82) is 0 Å². The maximum absolute atomic E-state index is 14.1. The first kappa shape index (κ1) is 21.8. The summed E-state index contributed by atoms with van der Waals surface area (Å²) in [5, 5.41) is 0. The van der Waals surface area contributed by atoms with Gasteiger partial charge in [0, 0.05) is 13.2 Å². The maximum atomic E-state index is 14.1. The Morgan fingerprint density at radius 1 is 1.19 bits per heavy atom. The zero-order chi connectivity index (χ0) is 22.1. The highest BCUT2D eigenvalue weighted by Gasteiger charge is 2.52. The number of nitrogens with zero attached hydrogens (tertiary/aromatic N) is 1. The minimum Gasteiger partial charge on any atom is -0.497 e. The molecule has 1 fully saturated rings. The van der Waals surface area contributed by atoms with Gasteiger partial charge < -0.3 is 19.1 Å². The smallest absolute Gasteiger partial charge is 0.290 e. The lowest BCUT2D eigenvalue weighted by Crippen LogP contribution is -2.42. The van der Waals surface area contributed by atoms with Crippen molar-refractivity contribution in [3.63, 3.8) is 0 Å². The van der Waals surface area contributed by atoms with Crippen molar-refractivity contribution in [1.82, 2.24) is 4.90 Å². The van der Waals surface area contributed by atoms with Gasteiger partial charge in [0.05, 0.1) is 30.7 Å². The van der Waals surface area contributed by atoms with Crippen molar-refractivity contribution >= 4 is 11.7 Å². The molecular formula is C24H30FNO5. The van der Waals surface area contributed by atoms with Crippen LogP contribution in [0.4, 0.5) is 4.39 Å². The van der Waals surface area contributed by atoms with Crippen LogP contribution in [-0.4, -0.2) is 55.2 Å². The normalized spacial score (nSPS) is 28.0. The number of hydrogen-bond acceptors (Lipinski definition) is 5. The molecule has 31 heavy (non-hydrogen) atoms. The third-order valence-electron chi connectivity index (χ3n) is 6.31. The Labute approximate surface area is 182 Å². The Kier molecular flexibility index (Phi) is 6.32. The molecule has 0 saturated heterocycles. The number of ketones is 1. The highest BCUT2D eigenvalue weighted by molar-refractivity contribution is 6.11. The lowest BCUT2D eigenvalue weighted by Gasteiger charge is -2.36. The van der Waals surface area contributed by atoms with Crippen molar-refractivity contribution in [3.8, 4) is 5.75 Å². The highest BCUT2D eigenvalue weighted by atomic mass is 19.1. The minimum absolute atomic E-state index is 0.111. The summed E-state index contributed by atoms with van der Waals surface area (Å²) >= 11 is 0. The van der Waals surface area contributed by atoms with Crippen LogP contribution in [0.3, 0.4) is 0 Å². The number of benzene rings is 1. The Hall–Kier alpha value is -2.41. The standard InChI is InChI=1S/C24H30FNO5/c1-14(2)30-12-4-11-26-21(15-5-8-17(29-3)9-6-15)20-22(27)18-13-16(25)7-10-19(18)31-23(20)24(26)28/h5-6,8-9,14,16,18-19,21H,4,7,10-13H2,1-3H3. The first-order valence-electron chi connectivity index (χ1n) is 11.1. The van der Waals surface area contributed by atoms with Crippen molar-refractivity contribution in [3.05, 3.63) is 41.2 Å². The minimum atomic E-state index is -1.00. The molecule has 4 atom stereocenters. The van der Waals surface area contributed by atoms with E-state index >= 15 is 0 Å². The van der Waals surface area contributed by atoms with Crippen LogP contribution in [0.1, 0.15) is 51.1 Å². The number of rotatable bonds is 7. The third kappa shape index (κ3) is 4.20. The van der Waals surface area contributed by atoms with Crippen LogP contribution in [-0.2, 0) is 19.1 Å². The molecule has 1 saturated carbocycles. The second-order valence-corrected chi connectivity index (χ2v) is 8.73. The molecule has 4 unspecified atom stereocenters. The fraction of sp³-hybridized carbons (Fsp3) is 0.583. The molecule has 3 aliphatic rings. The molecule has 6 nitrogen and oxygen atoms in total. The van der Waals surface area contributed by atoms with Gasteiger partial charge in [-0.1, -0.05) is 12.1 Å². The Morgan fingerprint density at radius 2 is 1.94 bits per heavy atom. The maximum Gasteiger partial charge on any atom is 0.290 e. The van der Waals surface area contributed by atoms with Crippen molar-refractivity contribution in [2.45, 2.75) is 64.0 Å². The van der Waals surface area contributed by atoms with E-state index < -0.39 is 24.2 Å². The van der Waals surface area contributed by atoms with Crippen LogP contribution >= 0.6 is 0 Å². The number of Topliss-reactive ketones (excluding diaryl/α,β-unsaturated/α-hetero) is 1. The van der Waals surface area contributed by atoms with Gasteiger partial charge in [0.25, 0.3) is 5.91 Å². The topological polar surface area (TPSA) is 65.1 Å². The second kappa shape index (κ2) is 8.99. The van der Waals surface area contributed by atoms with Gasteiger partial charge in [0.2, 0.25) is 0 Å². The van der Waals surface area contributed by atoms with Gasteiger partial charge in [-0.15, -0.1) is 0 Å². The summed E-state index contributed by atoms with van der Waals surface area (Å²) in [6, 6.07) is 6.81. The first-order valence-corrected chi connectivity index (χ1v) is 11.1. The highest BCUT2D eigenvalue weighted by Crippen LogP contribution is 2.47. The average Bonchev–Trinajstić information content (AvgIpc) is 3.04. The van der Waals surface area contributed by atoms with Gasteiger partial charge in [0.15, 0.2) is 11.5 Å². The molecule has 2 aliphatic heterocycles. The largest absolute Gasteiger partial charge is 0.497 e. The van der Waals surface area contributed by atoms with Gasteiger partial charge in [-0.2, -0.15) is 0 Å². The van der Waals surface area contributed by atoms with E-state index in [2.05, 4.69) is 0 Å². The van der Waals surface area contributed by atoms with Gasteiger partial charge in [-0.3, -0.25) is 9.59 Å². The van der Waals surface area contributed by atoms with Gasteiger partial charge in [-0.25, -0.2) is 4.39 Å². The van der Waals surface area contributed by atoms with Crippen molar-refractivity contribution in [2.75, 3.05) is 20.3 Å². The fourth-order valence-electron chi connectivity index (χ4n) is 4.78. The molecule has 0 spiro atoms. The Bertz CT molecular complexity index is 865. The lowest BCUT2D eigenvalue weighted by atomic mass is 9.77. The summed E-state index contributed by atoms with van der Waals surface area (Å²) in [7, 11) is 1.59. The quantitative estimate of drug-likeness (QED) is 0.615. The van der Waals surface area contributed by atoms with Crippen LogP contribution in [0.15, 0.2) is 35.6 Å².